The van der Waals surface area contributed by atoms with E-state index in [1.54, 1.807) is 7.11 Å². The van der Waals surface area contributed by atoms with Crippen molar-refractivity contribution in [1.29, 1.82) is 0 Å². The van der Waals surface area contributed by atoms with Crippen LogP contribution in [0.2, 0.25) is 0 Å². The van der Waals surface area contributed by atoms with Gasteiger partial charge in [-0.15, -0.1) is 0 Å². The van der Waals surface area contributed by atoms with Gasteiger partial charge in [-0.1, -0.05) is 5.16 Å². The molecule has 2 saturated heterocycles. The van der Waals surface area contributed by atoms with Gasteiger partial charge in [-0.05, 0) is 12.8 Å². The minimum Gasteiger partial charge on any atom is -0.481 e. The van der Waals surface area contributed by atoms with Gasteiger partial charge in [-0.25, -0.2) is 9.97 Å². The first-order valence-electron chi connectivity index (χ1n) is 7.74. The third-order valence-corrected chi connectivity index (χ3v) is 4.61. The van der Waals surface area contributed by atoms with E-state index in [2.05, 4.69) is 25.0 Å². The zero-order chi connectivity index (χ0) is 15.8. The molecule has 0 unspecified atom stereocenters. The molecule has 0 amide bonds. The third-order valence-electron chi connectivity index (χ3n) is 4.61. The Bertz CT molecular complexity index is 691. The zero-order valence-corrected chi connectivity index (χ0v) is 13.2. The fourth-order valence-corrected chi connectivity index (χ4v) is 3.46. The lowest BCUT2D eigenvalue weighted by Gasteiger charge is -2.20. The van der Waals surface area contributed by atoms with Crippen molar-refractivity contribution in [1.82, 2.24) is 20.1 Å². The highest BCUT2D eigenvalue weighted by Gasteiger charge is 2.44. The molecule has 122 valence electrons. The molecule has 2 aliphatic heterocycles. The number of anilines is 1. The monoisotopic (exact) mass is 317 g/mol. The van der Waals surface area contributed by atoms with Gasteiger partial charge in [0.05, 0.1) is 19.8 Å². The van der Waals surface area contributed by atoms with Gasteiger partial charge in [0.25, 0.3) is 0 Å². The van der Waals surface area contributed by atoms with Crippen LogP contribution in [0.1, 0.15) is 11.7 Å². The van der Waals surface area contributed by atoms with Crippen LogP contribution in [0.3, 0.4) is 0 Å². The molecule has 0 aromatic carbocycles. The van der Waals surface area contributed by atoms with Crippen molar-refractivity contribution in [2.24, 2.45) is 11.8 Å². The van der Waals surface area contributed by atoms with Crippen molar-refractivity contribution in [2.45, 2.75) is 19.4 Å². The number of fused-ring (bicyclic) bond motifs is 1. The van der Waals surface area contributed by atoms with Crippen LogP contribution in [-0.2, 0) is 11.2 Å². The number of hydrogen-bond donors (Lipinski definition) is 0. The number of hydrogen-bond acceptors (Lipinski definition) is 8. The number of methoxy groups -OCH3 is 1. The van der Waals surface area contributed by atoms with E-state index < -0.39 is 0 Å². The summed E-state index contributed by atoms with van der Waals surface area (Å²) in [6.07, 6.45) is 2.52. The molecule has 4 rings (SSSR count). The van der Waals surface area contributed by atoms with Crippen LogP contribution in [0.15, 0.2) is 16.9 Å². The summed E-state index contributed by atoms with van der Waals surface area (Å²) >= 11 is 0. The van der Waals surface area contributed by atoms with Gasteiger partial charge < -0.3 is 18.9 Å². The lowest BCUT2D eigenvalue weighted by atomic mass is 9.90. The lowest BCUT2D eigenvalue weighted by Crippen LogP contribution is -2.25. The highest BCUT2D eigenvalue weighted by molar-refractivity contribution is 5.42. The molecular formula is C15H19N5O3. The quantitative estimate of drug-likeness (QED) is 0.821. The maximum atomic E-state index is 5.97. The fourth-order valence-electron chi connectivity index (χ4n) is 3.46. The average Bonchev–Trinajstić information content (AvgIpc) is 3.25. The molecular weight excluding hydrogens is 298 g/mol. The normalized spacial score (nSPS) is 26.5. The summed E-state index contributed by atoms with van der Waals surface area (Å²) in [5, 5.41) is 3.86. The highest BCUT2D eigenvalue weighted by Crippen LogP contribution is 2.37. The maximum Gasteiger partial charge on any atom is 0.227 e. The molecule has 8 nitrogen and oxygen atoms in total. The van der Waals surface area contributed by atoms with Crippen LogP contribution >= 0.6 is 0 Å². The summed E-state index contributed by atoms with van der Waals surface area (Å²) in [5.41, 5.74) is 0. The van der Waals surface area contributed by atoms with Crippen LogP contribution in [0.25, 0.3) is 0 Å². The number of aryl methyl sites for hydroxylation is 1. The molecule has 2 aliphatic rings. The SMILES string of the molecule is COc1cc(N2C[C@H]3[C@H](Cc4nc(C)no4)CO[C@H]3C2)ncn1. The molecule has 2 fully saturated rings. The molecule has 0 N–H and O–H groups in total. The second-order valence-electron chi connectivity index (χ2n) is 6.06. The first kappa shape index (κ1) is 14.4. The van der Waals surface area contributed by atoms with Gasteiger partial charge in [-0.2, -0.15) is 4.98 Å². The predicted molar refractivity (Wildman–Crippen MR) is 80.3 cm³/mol. The van der Waals surface area contributed by atoms with Crippen LogP contribution in [-0.4, -0.2) is 53.0 Å². The molecule has 2 aromatic rings. The van der Waals surface area contributed by atoms with E-state index in [1.165, 1.54) is 6.33 Å². The second kappa shape index (κ2) is 5.77. The smallest absolute Gasteiger partial charge is 0.227 e. The van der Waals surface area contributed by atoms with Crippen LogP contribution < -0.4 is 9.64 Å². The summed E-state index contributed by atoms with van der Waals surface area (Å²) < 4.78 is 16.4. The van der Waals surface area contributed by atoms with Crippen molar-refractivity contribution >= 4 is 5.82 Å². The number of rotatable bonds is 4. The van der Waals surface area contributed by atoms with Gasteiger partial charge in [0.2, 0.25) is 11.8 Å². The van der Waals surface area contributed by atoms with E-state index in [0.29, 0.717) is 29.4 Å². The molecule has 0 aliphatic carbocycles. The highest BCUT2D eigenvalue weighted by atomic mass is 16.5. The van der Waals surface area contributed by atoms with Crippen LogP contribution in [0.4, 0.5) is 5.82 Å². The fraction of sp³-hybridized carbons (Fsp3) is 0.600. The van der Waals surface area contributed by atoms with Crippen molar-refractivity contribution < 1.29 is 14.0 Å². The van der Waals surface area contributed by atoms with Gasteiger partial charge in [0, 0.05) is 31.5 Å². The molecule has 3 atom stereocenters. The van der Waals surface area contributed by atoms with Crippen molar-refractivity contribution in [3.63, 3.8) is 0 Å². The molecule has 2 aromatic heterocycles. The van der Waals surface area contributed by atoms with Gasteiger partial charge >= 0.3 is 0 Å². The Morgan fingerprint density at radius 1 is 1.35 bits per heavy atom. The van der Waals surface area contributed by atoms with Crippen molar-refractivity contribution in [3.8, 4) is 5.88 Å². The van der Waals surface area contributed by atoms with Crippen LogP contribution in [0.5, 0.6) is 5.88 Å². The molecule has 0 saturated carbocycles. The van der Waals surface area contributed by atoms with Gasteiger partial charge in [-0.3, -0.25) is 0 Å². The topological polar surface area (TPSA) is 86.4 Å². The Morgan fingerprint density at radius 2 is 2.26 bits per heavy atom. The molecule has 0 bridgehead atoms. The second-order valence-corrected chi connectivity index (χ2v) is 6.06. The van der Waals surface area contributed by atoms with Crippen molar-refractivity contribution in [2.75, 3.05) is 31.7 Å². The third kappa shape index (κ3) is 2.74. The van der Waals surface area contributed by atoms with Crippen molar-refractivity contribution in [3.05, 3.63) is 24.1 Å². The zero-order valence-electron chi connectivity index (χ0n) is 13.2. The van der Waals surface area contributed by atoms with E-state index in [9.17, 15) is 0 Å². The number of aromatic nitrogens is 4. The standard InChI is InChI=1S/C15H19N5O3/c1-9-18-15(23-19-9)3-10-7-22-12-6-20(5-11(10)12)13-4-14(21-2)17-8-16-13/h4,8,10-12H,3,5-7H2,1-2H3/t10-,11+,12+/m1/s1. The Balaban J connectivity index is 1.46. The molecule has 0 radical (unpaired) electrons. The number of ether oxygens (including phenoxy) is 2. The molecule has 4 heterocycles. The van der Waals surface area contributed by atoms with Gasteiger partial charge in [0.15, 0.2) is 5.82 Å². The Kier molecular flexibility index (Phi) is 3.60. The predicted octanol–water partition coefficient (Wildman–Crippen LogP) is 0.871. The summed E-state index contributed by atoms with van der Waals surface area (Å²) in [6, 6.07) is 1.86. The minimum atomic E-state index is 0.227. The minimum absolute atomic E-state index is 0.227. The van der Waals surface area contributed by atoms with E-state index >= 15 is 0 Å². The Morgan fingerprint density at radius 3 is 3.04 bits per heavy atom. The van der Waals surface area contributed by atoms with E-state index in [4.69, 9.17) is 14.0 Å². The average molecular weight is 317 g/mol. The van der Waals surface area contributed by atoms with Gasteiger partial charge in [0.1, 0.15) is 12.1 Å². The summed E-state index contributed by atoms with van der Waals surface area (Å²) in [7, 11) is 1.61. The molecule has 0 spiro atoms. The lowest BCUT2D eigenvalue weighted by molar-refractivity contribution is 0.111. The van der Waals surface area contributed by atoms with E-state index in [1.807, 2.05) is 13.0 Å². The van der Waals surface area contributed by atoms with E-state index in [0.717, 1.165) is 31.9 Å². The number of nitrogens with zero attached hydrogens (tertiary/aromatic N) is 5. The Labute approximate surface area is 133 Å². The van der Waals surface area contributed by atoms with E-state index in [-0.39, 0.29) is 6.10 Å². The maximum absolute atomic E-state index is 5.97. The summed E-state index contributed by atoms with van der Waals surface area (Å²) in [6.45, 7) is 4.32. The first-order valence-corrected chi connectivity index (χ1v) is 7.74. The molecule has 8 heteroatoms. The van der Waals surface area contributed by atoms with Crippen LogP contribution in [0, 0.1) is 18.8 Å². The first-order chi connectivity index (χ1) is 11.2. The summed E-state index contributed by atoms with van der Waals surface area (Å²) in [4.78, 5) is 14.9. The Hall–Kier alpha value is -2.22. The largest absolute Gasteiger partial charge is 0.481 e. The summed E-state index contributed by atoms with van der Waals surface area (Å²) in [5.74, 6) is 3.67. The molecule has 23 heavy (non-hydrogen) atoms.